The second kappa shape index (κ2) is 9.92. The minimum Gasteiger partial charge on any atom is -0.0843 e. The van der Waals surface area contributed by atoms with E-state index in [1.165, 1.54) is 62.5 Å². The maximum absolute atomic E-state index is 5.89. The SMILES string of the molecule is Clc1ccc(CCCCCCCCc2ccc(Cl)cc2)cc1. The molecule has 2 aromatic rings. The van der Waals surface area contributed by atoms with Crippen LogP contribution in [0.3, 0.4) is 0 Å². The van der Waals surface area contributed by atoms with Gasteiger partial charge in [-0.05, 0) is 61.1 Å². The molecule has 0 radical (unpaired) electrons. The smallest absolute Gasteiger partial charge is 0.0406 e. The molecule has 0 aliphatic heterocycles. The monoisotopic (exact) mass is 334 g/mol. The number of unbranched alkanes of at least 4 members (excludes halogenated alkanes) is 5. The van der Waals surface area contributed by atoms with Gasteiger partial charge in [0.15, 0.2) is 0 Å². The second-order valence-electron chi connectivity index (χ2n) is 5.87. The molecule has 0 aliphatic rings. The summed E-state index contributed by atoms with van der Waals surface area (Å²) in [5.74, 6) is 0. The van der Waals surface area contributed by atoms with Crippen molar-refractivity contribution in [2.24, 2.45) is 0 Å². The molecule has 0 N–H and O–H groups in total. The van der Waals surface area contributed by atoms with E-state index in [0.29, 0.717) is 0 Å². The lowest BCUT2D eigenvalue weighted by Gasteiger charge is -2.04. The van der Waals surface area contributed by atoms with Crippen LogP contribution in [0, 0.1) is 0 Å². The minimum absolute atomic E-state index is 0.824. The van der Waals surface area contributed by atoms with Crippen molar-refractivity contribution in [3.05, 3.63) is 69.7 Å². The lowest BCUT2D eigenvalue weighted by molar-refractivity contribution is 0.594. The molecule has 0 saturated carbocycles. The highest BCUT2D eigenvalue weighted by Gasteiger charge is 1.96. The van der Waals surface area contributed by atoms with Gasteiger partial charge in [0.1, 0.15) is 0 Å². The number of rotatable bonds is 9. The van der Waals surface area contributed by atoms with Gasteiger partial charge in [0.2, 0.25) is 0 Å². The molecule has 0 saturated heterocycles. The zero-order valence-electron chi connectivity index (χ0n) is 13.0. The first-order valence-electron chi connectivity index (χ1n) is 8.23. The second-order valence-corrected chi connectivity index (χ2v) is 6.75. The summed E-state index contributed by atoms with van der Waals surface area (Å²) in [5.41, 5.74) is 2.79. The molecule has 0 amide bonds. The summed E-state index contributed by atoms with van der Waals surface area (Å²) < 4.78 is 0. The van der Waals surface area contributed by atoms with Crippen molar-refractivity contribution in [2.75, 3.05) is 0 Å². The van der Waals surface area contributed by atoms with E-state index in [-0.39, 0.29) is 0 Å². The number of aryl methyl sites for hydroxylation is 2. The standard InChI is InChI=1S/C20H24Cl2/c21-19-13-9-17(10-14-19)7-5-3-1-2-4-6-8-18-11-15-20(22)16-12-18/h9-16H,1-8H2. The highest BCUT2D eigenvalue weighted by Crippen LogP contribution is 2.15. The fourth-order valence-corrected chi connectivity index (χ4v) is 2.92. The van der Waals surface area contributed by atoms with Crippen LogP contribution in [0.25, 0.3) is 0 Å². The molecule has 0 spiro atoms. The predicted octanol–water partition coefficient (Wildman–Crippen LogP) is 7.12. The molecule has 2 rings (SSSR count). The molecule has 0 unspecified atom stereocenters. The van der Waals surface area contributed by atoms with Crippen LogP contribution in [0.5, 0.6) is 0 Å². The van der Waals surface area contributed by atoms with Gasteiger partial charge in [-0.15, -0.1) is 0 Å². The molecule has 22 heavy (non-hydrogen) atoms. The molecular weight excluding hydrogens is 311 g/mol. The van der Waals surface area contributed by atoms with E-state index in [0.717, 1.165) is 10.0 Å². The lowest BCUT2D eigenvalue weighted by atomic mass is 10.0. The van der Waals surface area contributed by atoms with Gasteiger partial charge in [-0.2, -0.15) is 0 Å². The van der Waals surface area contributed by atoms with Crippen molar-refractivity contribution < 1.29 is 0 Å². The van der Waals surface area contributed by atoms with Gasteiger partial charge in [0, 0.05) is 10.0 Å². The fraction of sp³-hybridized carbons (Fsp3) is 0.400. The Morgan fingerprint density at radius 1 is 0.455 bits per heavy atom. The number of benzene rings is 2. The van der Waals surface area contributed by atoms with Crippen molar-refractivity contribution >= 4 is 23.2 Å². The first-order valence-corrected chi connectivity index (χ1v) is 8.98. The van der Waals surface area contributed by atoms with Crippen LogP contribution in [0.1, 0.15) is 49.7 Å². The maximum Gasteiger partial charge on any atom is 0.0406 e. The molecule has 0 bridgehead atoms. The molecule has 0 fully saturated rings. The highest BCUT2D eigenvalue weighted by atomic mass is 35.5. The van der Waals surface area contributed by atoms with Crippen LogP contribution >= 0.6 is 23.2 Å². The molecule has 0 atom stereocenters. The van der Waals surface area contributed by atoms with E-state index in [1.807, 2.05) is 24.3 Å². The highest BCUT2D eigenvalue weighted by molar-refractivity contribution is 6.30. The zero-order chi connectivity index (χ0) is 15.6. The lowest BCUT2D eigenvalue weighted by Crippen LogP contribution is -1.88. The summed E-state index contributed by atoms with van der Waals surface area (Å²) in [4.78, 5) is 0. The summed E-state index contributed by atoms with van der Waals surface area (Å²) >= 11 is 11.8. The van der Waals surface area contributed by atoms with E-state index in [4.69, 9.17) is 23.2 Å². The fourth-order valence-electron chi connectivity index (χ4n) is 2.67. The average molecular weight is 335 g/mol. The molecule has 0 aromatic heterocycles. The Morgan fingerprint density at radius 3 is 1.14 bits per heavy atom. The molecular formula is C20H24Cl2. The predicted molar refractivity (Wildman–Crippen MR) is 98.0 cm³/mol. The molecule has 2 aromatic carbocycles. The van der Waals surface area contributed by atoms with Gasteiger partial charge in [-0.3, -0.25) is 0 Å². The Labute approximate surface area is 144 Å². The quantitative estimate of drug-likeness (QED) is 0.428. The van der Waals surface area contributed by atoms with Gasteiger partial charge in [0.05, 0.1) is 0 Å². The van der Waals surface area contributed by atoms with Crippen LogP contribution in [-0.2, 0) is 12.8 Å². The molecule has 118 valence electrons. The van der Waals surface area contributed by atoms with E-state index in [2.05, 4.69) is 24.3 Å². The van der Waals surface area contributed by atoms with Crippen molar-refractivity contribution in [3.63, 3.8) is 0 Å². The Balaban J connectivity index is 1.47. The van der Waals surface area contributed by atoms with Gasteiger partial charge in [-0.25, -0.2) is 0 Å². The van der Waals surface area contributed by atoms with Gasteiger partial charge >= 0.3 is 0 Å². The first kappa shape index (κ1) is 17.4. The number of hydrogen-bond donors (Lipinski definition) is 0. The summed E-state index contributed by atoms with van der Waals surface area (Å²) in [5, 5.41) is 1.65. The van der Waals surface area contributed by atoms with Gasteiger partial charge in [-0.1, -0.05) is 73.2 Å². The van der Waals surface area contributed by atoms with Gasteiger partial charge in [0.25, 0.3) is 0 Å². The van der Waals surface area contributed by atoms with Crippen LogP contribution in [0.2, 0.25) is 10.0 Å². The van der Waals surface area contributed by atoms with Crippen molar-refractivity contribution in [2.45, 2.75) is 51.4 Å². The number of halogens is 2. The average Bonchev–Trinajstić information content (AvgIpc) is 2.53. The Hall–Kier alpha value is -0.980. The first-order chi connectivity index (χ1) is 10.7. The van der Waals surface area contributed by atoms with E-state index in [1.54, 1.807) is 0 Å². The Bertz CT molecular complexity index is 477. The van der Waals surface area contributed by atoms with Crippen LogP contribution in [0.15, 0.2) is 48.5 Å². The van der Waals surface area contributed by atoms with Crippen molar-refractivity contribution in [3.8, 4) is 0 Å². The Kier molecular flexibility index (Phi) is 7.83. The summed E-state index contributed by atoms with van der Waals surface area (Å²) in [6, 6.07) is 16.5. The van der Waals surface area contributed by atoms with E-state index in [9.17, 15) is 0 Å². The maximum atomic E-state index is 5.89. The number of hydrogen-bond acceptors (Lipinski definition) is 0. The summed E-state index contributed by atoms with van der Waals surface area (Å²) in [6.07, 6.45) is 10.2. The molecule has 0 nitrogen and oxygen atoms in total. The van der Waals surface area contributed by atoms with Crippen molar-refractivity contribution in [1.29, 1.82) is 0 Å². The third-order valence-corrected chi connectivity index (χ3v) is 4.51. The zero-order valence-corrected chi connectivity index (χ0v) is 14.5. The summed E-state index contributed by atoms with van der Waals surface area (Å²) in [7, 11) is 0. The van der Waals surface area contributed by atoms with Crippen LogP contribution < -0.4 is 0 Å². The van der Waals surface area contributed by atoms with Crippen LogP contribution in [-0.4, -0.2) is 0 Å². The largest absolute Gasteiger partial charge is 0.0843 e. The normalized spacial score (nSPS) is 10.8. The molecule has 2 heteroatoms. The third-order valence-electron chi connectivity index (χ3n) is 4.01. The van der Waals surface area contributed by atoms with E-state index < -0.39 is 0 Å². The van der Waals surface area contributed by atoms with Gasteiger partial charge < -0.3 is 0 Å². The topological polar surface area (TPSA) is 0 Å². The molecule has 0 heterocycles. The van der Waals surface area contributed by atoms with E-state index >= 15 is 0 Å². The van der Waals surface area contributed by atoms with Crippen LogP contribution in [0.4, 0.5) is 0 Å². The molecule has 0 aliphatic carbocycles. The minimum atomic E-state index is 0.824. The Morgan fingerprint density at radius 2 is 0.773 bits per heavy atom. The third kappa shape index (κ3) is 6.85. The summed E-state index contributed by atoms with van der Waals surface area (Å²) in [6.45, 7) is 0. The van der Waals surface area contributed by atoms with Crippen molar-refractivity contribution in [1.82, 2.24) is 0 Å².